The van der Waals surface area contributed by atoms with Gasteiger partial charge in [0.05, 0.1) is 5.54 Å². The molecule has 0 atom stereocenters. The molecule has 1 aliphatic carbocycles. The minimum absolute atomic E-state index is 0.0908. The highest BCUT2D eigenvalue weighted by molar-refractivity contribution is 5.89. The van der Waals surface area contributed by atoms with Gasteiger partial charge in [-0.15, -0.1) is 0 Å². The Morgan fingerprint density at radius 1 is 1.14 bits per heavy atom. The van der Waals surface area contributed by atoms with Gasteiger partial charge < -0.3 is 5.73 Å². The molecule has 84 valence electrons. The molecule has 0 saturated heterocycles. The van der Waals surface area contributed by atoms with Crippen LogP contribution in [-0.4, -0.2) is 11.3 Å². The molecule has 2 heteroatoms. The summed E-state index contributed by atoms with van der Waals surface area (Å²) in [6.07, 6.45) is 5.27. The number of hydrogen-bond donors (Lipinski definition) is 1. The highest BCUT2D eigenvalue weighted by atomic mass is 16.1. The van der Waals surface area contributed by atoms with Gasteiger partial charge in [0.25, 0.3) is 0 Å². The number of hydrogen-bond acceptors (Lipinski definition) is 2. The van der Waals surface area contributed by atoms with Crippen molar-refractivity contribution in [3.63, 3.8) is 0 Å². The van der Waals surface area contributed by atoms with Gasteiger partial charge in [-0.2, -0.15) is 0 Å². The number of Topliss-reactive ketones (excluding diaryl/α,β-unsaturated/α-hetero) is 1. The van der Waals surface area contributed by atoms with Crippen molar-refractivity contribution in [2.45, 2.75) is 65.3 Å². The van der Waals surface area contributed by atoms with E-state index in [4.69, 9.17) is 5.73 Å². The van der Waals surface area contributed by atoms with E-state index in [1.165, 1.54) is 6.42 Å². The zero-order chi connectivity index (χ0) is 11.2. The van der Waals surface area contributed by atoms with Crippen LogP contribution in [0.1, 0.15) is 59.8 Å². The molecule has 2 nitrogen and oxygen atoms in total. The fourth-order valence-electron chi connectivity index (χ4n) is 2.00. The number of carbonyl (C=O) groups excluding carboxylic acids is 1. The Kier molecular flexibility index (Phi) is 6.01. The minimum Gasteiger partial charge on any atom is -0.319 e. The second-order valence-corrected chi connectivity index (χ2v) is 4.24. The Hall–Kier alpha value is -0.370. The second-order valence-electron chi connectivity index (χ2n) is 4.24. The van der Waals surface area contributed by atoms with E-state index in [2.05, 4.69) is 0 Å². The zero-order valence-corrected chi connectivity index (χ0v) is 10.1. The summed E-state index contributed by atoms with van der Waals surface area (Å²) in [6.45, 7) is 7.87. The summed E-state index contributed by atoms with van der Waals surface area (Å²) in [5, 5.41) is 0. The van der Waals surface area contributed by atoms with E-state index < -0.39 is 5.54 Å². The van der Waals surface area contributed by atoms with Crippen LogP contribution in [0.2, 0.25) is 0 Å². The molecule has 0 bridgehead atoms. The Morgan fingerprint density at radius 2 is 1.57 bits per heavy atom. The highest BCUT2D eigenvalue weighted by Gasteiger charge is 2.35. The van der Waals surface area contributed by atoms with Crippen molar-refractivity contribution < 1.29 is 4.79 Å². The molecule has 0 aromatic rings. The van der Waals surface area contributed by atoms with E-state index in [-0.39, 0.29) is 11.7 Å². The molecule has 1 rings (SSSR count). The van der Waals surface area contributed by atoms with E-state index >= 15 is 0 Å². The fourth-order valence-corrected chi connectivity index (χ4v) is 2.00. The maximum atomic E-state index is 11.7. The highest BCUT2D eigenvalue weighted by Crippen LogP contribution is 2.28. The molecule has 1 aliphatic rings. The van der Waals surface area contributed by atoms with Crippen molar-refractivity contribution in [3.05, 3.63) is 0 Å². The number of rotatable bonds is 2. The third-order valence-electron chi connectivity index (χ3n) is 2.76. The number of nitrogens with two attached hydrogens (primary N) is 1. The lowest BCUT2D eigenvalue weighted by atomic mass is 9.76. The maximum absolute atomic E-state index is 11.7. The van der Waals surface area contributed by atoms with Gasteiger partial charge in [0.1, 0.15) is 0 Å². The standard InChI is InChI=1S/C10H19NO.C2H6/c1-8(2)9(12)10(11)6-4-3-5-7-10;1-2/h8H,3-7,11H2,1-2H3;1-2H3. The van der Waals surface area contributed by atoms with Crippen molar-refractivity contribution in [2.24, 2.45) is 11.7 Å². The molecule has 2 N–H and O–H groups in total. The summed E-state index contributed by atoms with van der Waals surface area (Å²) >= 11 is 0. The molecular formula is C12H25NO. The molecule has 0 amide bonds. The Balaban J connectivity index is 0.000000791. The maximum Gasteiger partial charge on any atom is 0.155 e. The van der Waals surface area contributed by atoms with Gasteiger partial charge >= 0.3 is 0 Å². The van der Waals surface area contributed by atoms with Crippen molar-refractivity contribution >= 4 is 5.78 Å². The van der Waals surface area contributed by atoms with Crippen molar-refractivity contribution in [1.29, 1.82) is 0 Å². The van der Waals surface area contributed by atoms with Gasteiger partial charge in [0.2, 0.25) is 0 Å². The lowest BCUT2D eigenvalue weighted by Gasteiger charge is -2.33. The van der Waals surface area contributed by atoms with Crippen LogP contribution in [0.4, 0.5) is 0 Å². The summed E-state index contributed by atoms with van der Waals surface area (Å²) in [6, 6.07) is 0. The summed E-state index contributed by atoms with van der Waals surface area (Å²) in [5.74, 6) is 0.343. The first-order chi connectivity index (χ1) is 6.56. The Morgan fingerprint density at radius 3 is 1.93 bits per heavy atom. The molecule has 0 spiro atoms. The van der Waals surface area contributed by atoms with E-state index in [1.54, 1.807) is 0 Å². The molecule has 0 radical (unpaired) electrons. The van der Waals surface area contributed by atoms with Crippen molar-refractivity contribution in [3.8, 4) is 0 Å². The van der Waals surface area contributed by atoms with Gasteiger partial charge in [-0.3, -0.25) is 4.79 Å². The van der Waals surface area contributed by atoms with E-state index in [0.717, 1.165) is 25.7 Å². The SMILES string of the molecule is CC.CC(C)C(=O)C1(N)CCCCC1. The minimum atomic E-state index is -0.480. The molecule has 0 aromatic carbocycles. The van der Waals surface area contributed by atoms with Gasteiger partial charge in [-0.25, -0.2) is 0 Å². The van der Waals surface area contributed by atoms with E-state index in [1.807, 2.05) is 27.7 Å². The van der Waals surface area contributed by atoms with Crippen LogP contribution >= 0.6 is 0 Å². The van der Waals surface area contributed by atoms with Crippen LogP contribution in [0.15, 0.2) is 0 Å². The van der Waals surface area contributed by atoms with Crippen molar-refractivity contribution in [2.75, 3.05) is 0 Å². The fraction of sp³-hybridized carbons (Fsp3) is 0.917. The summed E-state index contributed by atoms with van der Waals surface area (Å²) in [5.41, 5.74) is 5.57. The van der Waals surface area contributed by atoms with Gasteiger partial charge in [0.15, 0.2) is 5.78 Å². The van der Waals surface area contributed by atoms with Gasteiger partial charge in [-0.1, -0.05) is 47.0 Å². The molecule has 14 heavy (non-hydrogen) atoms. The molecule has 0 heterocycles. The topological polar surface area (TPSA) is 43.1 Å². The first-order valence-corrected chi connectivity index (χ1v) is 5.89. The first kappa shape index (κ1) is 13.6. The van der Waals surface area contributed by atoms with Gasteiger partial charge in [0, 0.05) is 5.92 Å². The van der Waals surface area contributed by atoms with Crippen LogP contribution in [0.3, 0.4) is 0 Å². The van der Waals surface area contributed by atoms with Crippen LogP contribution < -0.4 is 5.73 Å². The average molecular weight is 199 g/mol. The van der Waals surface area contributed by atoms with E-state index in [0.29, 0.717) is 0 Å². The predicted octanol–water partition coefficient (Wildman–Crippen LogP) is 2.90. The summed E-state index contributed by atoms with van der Waals surface area (Å²) in [4.78, 5) is 11.7. The monoisotopic (exact) mass is 199 g/mol. The molecule has 0 unspecified atom stereocenters. The summed E-state index contributed by atoms with van der Waals surface area (Å²) in [7, 11) is 0. The molecule has 0 aromatic heterocycles. The predicted molar refractivity (Wildman–Crippen MR) is 61.2 cm³/mol. The van der Waals surface area contributed by atoms with Crippen LogP contribution in [0.5, 0.6) is 0 Å². The average Bonchev–Trinajstić information content (AvgIpc) is 2.21. The lowest BCUT2D eigenvalue weighted by Crippen LogP contribution is -2.51. The van der Waals surface area contributed by atoms with Crippen LogP contribution in [0.25, 0.3) is 0 Å². The number of carbonyl (C=O) groups is 1. The normalized spacial score (nSPS) is 19.9. The smallest absolute Gasteiger partial charge is 0.155 e. The first-order valence-electron chi connectivity index (χ1n) is 5.89. The quantitative estimate of drug-likeness (QED) is 0.743. The third-order valence-corrected chi connectivity index (χ3v) is 2.76. The van der Waals surface area contributed by atoms with Crippen LogP contribution in [0, 0.1) is 5.92 Å². The Labute approximate surface area is 88.3 Å². The third kappa shape index (κ3) is 3.41. The molecule has 1 fully saturated rings. The molecule has 0 aliphatic heterocycles. The summed E-state index contributed by atoms with van der Waals surface area (Å²) < 4.78 is 0. The molecule has 1 saturated carbocycles. The lowest BCUT2D eigenvalue weighted by molar-refractivity contribution is -0.128. The second kappa shape index (κ2) is 6.18. The van der Waals surface area contributed by atoms with Crippen LogP contribution in [-0.2, 0) is 4.79 Å². The zero-order valence-electron chi connectivity index (χ0n) is 10.1. The number of ketones is 1. The largest absolute Gasteiger partial charge is 0.319 e. The van der Waals surface area contributed by atoms with E-state index in [9.17, 15) is 4.79 Å². The Bertz CT molecular complexity index is 169. The van der Waals surface area contributed by atoms with Crippen molar-refractivity contribution in [1.82, 2.24) is 0 Å². The van der Waals surface area contributed by atoms with Gasteiger partial charge in [-0.05, 0) is 12.8 Å². The molecular weight excluding hydrogens is 174 g/mol.